The standard InChI is InChI=1S/C16H22N2O3S/c1-18(22(20,21)14-5-3-2-4-6-14)11-16(19)17-15-10-12-7-8-13(15)9-12/h2-6,12-13,15H,7-11H2,1H3,(H,17,19)/t12-,13-,15-/m1/s1. The fourth-order valence-corrected chi connectivity index (χ4v) is 4.88. The van der Waals surface area contributed by atoms with Gasteiger partial charge in [-0.25, -0.2) is 8.42 Å². The monoisotopic (exact) mass is 322 g/mol. The average Bonchev–Trinajstić information content (AvgIpc) is 3.10. The van der Waals surface area contributed by atoms with Gasteiger partial charge in [-0.05, 0) is 43.2 Å². The van der Waals surface area contributed by atoms with Crippen molar-refractivity contribution in [3.63, 3.8) is 0 Å². The summed E-state index contributed by atoms with van der Waals surface area (Å²) in [5.41, 5.74) is 0. The third kappa shape index (κ3) is 3.03. The van der Waals surface area contributed by atoms with Gasteiger partial charge < -0.3 is 5.32 Å². The molecule has 120 valence electrons. The number of benzene rings is 1. The number of hydrogen-bond donors (Lipinski definition) is 1. The Hall–Kier alpha value is -1.40. The van der Waals surface area contributed by atoms with Crippen molar-refractivity contribution >= 4 is 15.9 Å². The van der Waals surface area contributed by atoms with E-state index in [0.717, 1.165) is 16.6 Å². The van der Waals surface area contributed by atoms with Crippen LogP contribution < -0.4 is 5.32 Å². The fraction of sp³-hybridized carbons (Fsp3) is 0.562. The minimum absolute atomic E-state index is 0.134. The highest BCUT2D eigenvalue weighted by Gasteiger charge is 2.40. The Kier molecular flexibility index (Phi) is 4.23. The van der Waals surface area contributed by atoms with Crippen LogP contribution in [0.1, 0.15) is 25.7 Å². The Morgan fingerprint density at radius 3 is 2.55 bits per heavy atom. The van der Waals surface area contributed by atoms with E-state index in [4.69, 9.17) is 0 Å². The second-order valence-corrected chi connectivity index (χ2v) is 8.47. The maximum absolute atomic E-state index is 12.4. The van der Waals surface area contributed by atoms with Gasteiger partial charge >= 0.3 is 0 Å². The lowest BCUT2D eigenvalue weighted by Crippen LogP contribution is -2.44. The molecule has 1 aromatic carbocycles. The number of amides is 1. The molecule has 0 unspecified atom stereocenters. The zero-order valence-corrected chi connectivity index (χ0v) is 13.6. The Morgan fingerprint density at radius 1 is 1.23 bits per heavy atom. The quantitative estimate of drug-likeness (QED) is 0.895. The minimum Gasteiger partial charge on any atom is -0.352 e. The van der Waals surface area contributed by atoms with Gasteiger partial charge in [-0.15, -0.1) is 0 Å². The molecule has 5 nitrogen and oxygen atoms in total. The normalized spacial score (nSPS) is 27.3. The zero-order valence-electron chi connectivity index (χ0n) is 12.7. The second kappa shape index (κ2) is 6.01. The molecule has 1 N–H and O–H groups in total. The third-order valence-electron chi connectivity index (χ3n) is 4.90. The molecule has 3 atom stereocenters. The molecule has 0 radical (unpaired) electrons. The molecule has 0 spiro atoms. The molecule has 2 fully saturated rings. The number of nitrogens with one attached hydrogen (secondary N) is 1. The van der Waals surface area contributed by atoms with E-state index in [9.17, 15) is 13.2 Å². The summed E-state index contributed by atoms with van der Waals surface area (Å²) < 4.78 is 25.9. The maximum atomic E-state index is 12.4. The van der Waals surface area contributed by atoms with Crippen LogP contribution >= 0.6 is 0 Å². The number of likely N-dealkylation sites (N-methyl/N-ethyl adjacent to an activating group) is 1. The van der Waals surface area contributed by atoms with Gasteiger partial charge in [-0.3, -0.25) is 4.79 Å². The first-order chi connectivity index (χ1) is 10.5. The van der Waals surface area contributed by atoms with Gasteiger partial charge in [0.25, 0.3) is 0 Å². The first-order valence-electron chi connectivity index (χ1n) is 7.77. The minimum atomic E-state index is -3.61. The fourth-order valence-electron chi connectivity index (χ4n) is 3.73. The molecule has 3 rings (SSSR count). The highest BCUT2D eigenvalue weighted by atomic mass is 32.2. The van der Waals surface area contributed by atoms with Gasteiger partial charge in [0.1, 0.15) is 0 Å². The van der Waals surface area contributed by atoms with Crippen LogP contribution in [0, 0.1) is 11.8 Å². The van der Waals surface area contributed by atoms with Gasteiger partial charge in [0.05, 0.1) is 11.4 Å². The van der Waals surface area contributed by atoms with Crippen molar-refractivity contribution in [2.75, 3.05) is 13.6 Å². The molecule has 1 amide bonds. The van der Waals surface area contributed by atoms with Gasteiger partial charge in [0.2, 0.25) is 15.9 Å². The van der Waals surface area contributed by atoms with Crippen LogP contribution in [0.5, 0.6) is 0 Å². The molecule has 2 aliphatic carbocycles. The summed E-state index contributed by atoms with van der Waals surface area (Å²) in [6.07, 6.45) is 4.72. The molecule has 0 saturated heterocycles. The Balaban J connectivity index is 1.59. The Bertz CT molecular complexity index is 645. The summed E-state index contributed by atoms with van der Waals surface area (Å²) in [5.74, 6) is 1.13. The number of fused-ring (bicyclic) bond motifs is 2. The van der Waals surface area contributed by atoms with Crippen LogP contribution in [0.3, 0.4) is 0 Å². The van der Waals surface area contributed by atoms with E-state index in [-0.39, 0.29) is 23.4 Å². The molecule has 0 aliphatic heterocycles. The van der Waals surface area contributed by atoms with Crippen molar-refractivity contribution in [2.24, 2.45) is 11.8 Å². The number of rotatable bonds is 5. The van der Waals surface area contributed by atoms with Crippen molar-refractivity contribution in [3.05, 3.63) is 30.3 Å². The molecule has 2 bridgehead atoms. The van der Waals surface area contributed by atoms with E-state index in [0.29, 0.717) is 5.92 Å². The number of carbonyl (C=O) groups is 1. The van der Waals surface area contributed by atoms with E-state index in [1.807, 2.05) is 0 Å². The molecular weight excluding hydrogens is 300 g/mol. The van der Waals surface area contributed by atoms with Crippen molar-refractivity contribution in [1.29, 1.82) is 0 Å². The molecule has 2 aliphatic rings. The van der Waals surface area contributed by atoms with Crippen molar-refractivity contribution in [2.45, 2.75) is 36.6 Å². The smallest absolute Gasteiger partial charge is 0.243 e. The summed E-state index contributed by atoms with van der Waals surface area (Å²) >= 11 is 0. The molecular formula is C16H22N2O3S. The summed E-state index contributed by atoms with van der Waals surface area (Å²) in [4.78, 5) is 12.4. The van der Waals surface area contributed by atoms with Crippen LogP contribution in [0.4, 0.5) is 0 Å². The average molecular weight is 322 g/mol. The van der Waals surface area contributed by atoms with E-state index in [1.165, 1.54) is 26.3 Å². The Labute approximate surface area is 131 Å². The van der Waals surface area contributed by atoms with Crippen LogP contribution in [0.15, 0.2) is 35.2 Å². The second-order valence-electron chi connectivity index (χ2n) is 6.42. The van der Waals surface area contributed by atoms with E-state index < -0.39 is 10.0 Å². The molecule has 6 heteroatoms. The summed E-state index contributed by atoms with van der Waals surface area (Å²) in [6, 6.07) is 8.44. The van der Waals surface area contributed by atoms with Gasteiger partial charge in [-0.1, -0.05) is 24.6 Å². The molecule has 2 saturated carbocycles. The molecule has 0 aromatic heterocycles. The van der Waals surface area contributed by atoms with Crippen LogP contribution in [0.25, 0.3) is 0 Å². The van der Waals surface area contributed by atoms with Gasteiger partial charge in [0.15, 0.2) is 0 Å². The van der Waals surface area contributed by atoms with Crippen LogP contribution in [-0.2, 0) is 14.8 Å². The van der Waals surface area contributed by atoms with Gasteiger partial charge in [0, 0.05) is 13.1 Å². The highest BCUT2D eigenvalue weighted by molar-refractivity contribution is 7.89. The first kappa shape index (κ1) is 15.5. The van der Waals surface area contributed by atoms with Crippen LogP contribution in [-0.4, -0.2) is 38.3 Å². The molecule has 22 heavy (non-hydrogen) atoms. The van der Waals surface area contributed by atoms with Crippen molar-refractivity contribution in [3.8, 4) is 0 Å². The number of sulfonamides is 1. The lowest BCUT2D eigenvalue weighted by molar-refractivity contribution is -0.122. The first-order valence-corrected chi connectivity index (χ1v) is 9.21. The third-order valence-corrected chi connectivity index (χ3v) is 6.72. The number of carbonyl (C=O) groups excluding carboxylic acids is 1. The topological polar surface area (TPSA) is 66.5 Å². The van der Waals surface area contributed by atoms with E-state index >= 15 is 0 Å². The predicted molar refractivity (Wildman–Crippen MR) is 83.6 cm³/mol. The summed E-state index contributed by atoms with van der Waals surface area (Å²) in [5, 5.41) is 3.02. The zero-order chi connectivity index (χ0) is 15.7. The van der Waals surface area contributed by atoms with E-state index in [2.05, 4.69) is 5.32 Å². The summed E-state index contributed by atoms with van der Waals surface area (Å²) in [6.45, 7) is -0.134. The largest absolute Gasteiger partial charge is 0.352 e. The molecule has 0 heterocycles. The predicted octanol–water partition coefficient (Wildman–Crippen LogP) is 1.61. The SMILES string of the molecule is CN(CC(=O)N[C@@H]1C[C@@H]2CC[C@@H]1C2)S(=O)(=O)c1ccccc1. The van der Waals surface area contributed by atoms with E-state index in [1.54, 1.807) is 30.3 Å². The highest BCUT2D eigenvalue weighted by Crippen LogP contribution is 2.44. The Morgan fingerprint density at radius 2 is 1.95 bits per heavy atom. The summed E-state index contributed by atoms with van der Waals surface area (Å²) in [7, 11) is -2.16. The lowest BCUT2D eigenvalue weighted by Gasteiger charge is -2.24. The number of nitrogens with zero attached hydrogens (tertiary/aromatic N) is 1. The maximum Gasteiger partial charge on any atom is 0.243 e. The molecule has 1 aromatic rings. The lowest BCUT2D eigenvalue weighted by atomic mass is 9.95. The van der Waals surface area contributed by atoms with Gasteiger partial charge in [-0.2, -0.15) is 4.31 Å². The van der Waals surface area contributed by atoms with Crippen molar-refractivity contribution < 1.29 is 13.2 Å². The van der Waals surface area contributed by atoms with Crippen molar-refractivity contribution in [1.82, 2.24) is 9.62 Å². The van der Waals surface area contributed by atoms with Crippen LogP contribution in [0.2, 0.25) is 0 Å². The number of hydrogen-bond acceptors (Lipinski definition) is 3.